The highest BCUT2D eigenvalue weighted by Crippen LogP contribution is 2.42. The summed E-state index contributed by atoms with van der Waals surface area (Å²) in [5.41, 5.74) is 0. The maximum absolute atomic E-state index is 13.1. The Labute approximate surface area is 197 Å². The van der Waals surface area contributed by atoms with Gasteiger partial charge in [-0.15, -0.1) is 10.2 Å². The summed E-state index contributed by atoms with van der Waals surface area (Å²) in [6.07, 6.45) is 4.77. The Kier molecular flexibility index (Phi) is 7.92. The molecule has 1 saturated carbocycles. The van der Waals surface area contributed by atoms with Crippen LogP contribution in [-0.2, 0) is 13.3 Å². The number of esters is 1. The fourth-order valence-corrected chi connectivity index (χ4v) is 5.03. The fourth-order valence-electron chi connectivity index (χ4n) is 3.16. The van der Waals surface area contributed by atoms with Gasteiger partial charge in [0.15, 0.2) is 5.01 Å². The summed E-state index contributed by atoms with van der Waals surface area (Å²) in [6.45, 7) is 2.93. The van der Waals surface area contributed by atoms with Crippen LogP contribution in [0.15, 0.2) is 0 Å². The lowest BCUT2D eigenvalue weighted by molar-refractivity contribution is -0.156. The van der Waals surface area contributed by atoms with E-state index in [0.29, 0.717) is 11.4 Å². The molecule has 2 fully saturated rings. The predicted molar refractivity (Wildman–Crippen MR) is 118 cm³/mol. The first-order valence-corrected chi connectivity index (χ1v) is 12.4. The third-order valence-corrected chi connectivity index (χ3v) is 7.84. The molecule has 2 unspecified atom stereocenters. The Morgan fingerprint density at radius 1 is 1.34 bits per heavy atom. The van der Waals surface area contributed by atoms with Gasteiger partial charge in [-0.2, -0.15) is 0 Å². The molecule has 0 N–H and O–H groups in total. The van der Waals surface area contributed by atoms with Crippen molar-refractivity contribution in [2.75, 3.05) is 18.0 Å². The van der Waals surface area contributed by atoms with Gasteiger partial charge >= 0.3 is 12.0 Å². The lowest BCUT2D eigenvalue weighted by atomic mass is 9.86. The molecule has 3 rings (SSSR count). The largest absolute Gasteiger partial charge is 0.439 e. The maximum atomic E-state index is 13.1. The highest BCUT2D eigenvalue weighted by Gasteiger charge is 2.44. The Morgan fingerprint density at radius 2 is 2.07 bits per heavy atom. The zero-order valence-electron chi connectivity index (χ0n) is 15.8. The molecule has 2 heterocycles. The molecule has 2 aliphatic rings. The second kappa shape index (κ2) is 9.85. The molecular formula is C17H22BrCl3N4O3S. The second-order valence-electron chi connectivity index (χ2n) is 7.18. The highest BCUT2D eigenvalue weighted by molar-refractivity contribution is 9.09. The van der Waals surface area contributed by atoms with Gasteiger partial charge in [-0.1, -0.05) is 81.8 Å². The van der Waals surface area contributed by atoms with Crippen LogP contribution in [0.4, 0.5) is 9.93 Å². The van der Waals surface area contributed by atoms with Crippen LogP contribution in [0.2, 0.25) is 0 Å². The van der Waals surface area contributed by atoms with E-state index in [4.69, 9.17) is 39.5 Å². The maximum Gasteiger partial charge on any atom is 0.329 e. The number of ether oxygens (including phenoxy) is 1. The Balaban J connectivity index is 1.76. The van der Waals surface area contributed by atoms with Crippen molar-refractivity contribution in [3.8, 4) is 0 Å². The van der Waals surface area contributed by atoms with Crippen molar-refractivity contribution in [3.63, 3.8) is 0 Å². The fraction of sp³-hybridized carbons (Fsp3) is 0.765. The number of carbonyl (C=O) groups excluding carboxylic acids is 2. The summed E-state index contributed by atoms with van der Waals surface area (Å²) >= 11 is 22.3. The number of alkyl halides is 4. The van der Waals surface area contributed by atoms with Crippen LogP contribution in [0, 0.1) is 5.92 Å². The average molecular weight is 549 g/mol. The molecule has 1 aromatic rings. The van der Waals surface area contributed by atoms with Crippen LogP contribution in [0.5, 0.6) is 0 Å². The molecule has 0 radical (unpaired) electrons. The number of amides is 2. The molecule has 1 aliphatic carbocycles. The Bertz CT molecular complexity index is 744. The lowest BCUT2D eigenvalue weighted by Gasteiger charge is -2.27. The van der Waals surface area contributed by atoms with Gasteiger partial charge in [-0.05, 0) is 25.7 Å². The summed E-state index contributed by atoms with van der Waals surface area (Å²) in [5.74, 6) is -0.375. The first-order valence-electron chi connectivity index (χ1n) is 9.54. The standard InChI is InChI=1S/C17H22BrCl3N4O3S/c1-2-4-11(18)7-8-24-9-12(28-13(26)10-5-3-6-10)25(16(24)27)15-23-22-14(29-15)17(19,20)21/h10-12H,2-9H2,1H3. The summed E-state index contributed by atoms with van der Waals surface area (Å²) in [7, 11) is 0. The van der Waals surface area contributed by atoms with Gasteiger partial charge < -0.3 is 9.64 Å². The molecule has 2 atom stereocenters. The van der Waals surface area contributed by atoms with E-state index < -0.39 is 10.0 Å². The third kappa shape index (κ3) is 5.67. The lowest BCUT2D eigenvalue weighted by Crippen LogP contribution is -2.39. The number of halogens is 4. The van der Waals surface area contributed by atoms with Gasteiger partial charge in [-0.25, -0.2) is 9.69 Å². The minimum atomic E-state index is -1.74. The number of rotatable bonds is 8. The number of hydrogen-bond donors (Lipinski definition) is 0. The molecule has 1 aromatic heterocycles. The number of anilines is 1. The van der Waals surface area contributed by atoms with Crippen LogP contribution in [0.1, 0.15) is 50.5 Å². The number of nitrogens with zero attached hydrogens (tertiary/aromatic N) is 4. The van der Waals surface area contributed by atoms with Gasteiger partial charge in [-0.3, -0.25) is 4.79 Å². The summed E-state index contributed by atoms with van der Waals surface area (Å²) in [4.78, 5) is 28.8. The molecule has 0 bridgehead atoms. The van der Waals surface area contributed by atoms with Crippen molar-refractivity contribution in [1.82, 2.24) is 15.1 Å². The van der Waals surface area contributed by atoms with E-state index in [1.807, 2.05) is 0 Å². The van der Waals surface area contributed by atoms with Crippen LogP contribution in [0.3, 0.4) is 0 Å². The highest BCUT2D eigenvalue weighted by atomic mass is 79.9. The third-order valence-electron chi connectivity index (χ3n) is 5.01. The molecule has 1 aliphatic heterocycles. The van der Waals surface area contributed by atoms with E-state index in [1.165, 1.54) is 4.90 Å². The van der Waals surface area contributed by atoms with E-state index in [1.54, 1.807) is 4.90 Å². The zero-order valence-corrected chi connectivity index (χ0v) is 20.5. The molecule has 0 aromatic carbocycles. The van der Waals surface area contributed by atoms with E-state index in [-0.39, 0.29) is 34.6 Å². The minimum absolute atomic E-state index is 0.0939. The van der Waals surface area contributed by atoms with Gasteiger partial charge in [0.1, 0.15) is 0 Å². The molecule has 29 heavy (non-hydrogen) atoms. The summed E-state index contributed by atoms with van der Waals surface area (Å²) in [6, 6.07) is -0.292. The Hall–Kier alpha value is -0.350. The first-order chi connectivity index (χ1) is 13.7. The van der Waals surface area contributed by atoms with Crippen molar-refractivity contribution in [2.45, 2.75) is 60.3 Å². The number of carbonyl (C=O) groups is 2. The number of hydrogen-bond acceptors (Lipinski definition) is 6. The molecule has 0 spiro atoms. The van der Waals surface area contributed by atoms with Gasteiger partial charge in [0, 0.05) is 11.4 Å². The van der Waals surface area contributed by atoms with Crippen LogP contribution < -0.4 is 4.90 Å². The Morgan fingerprint density at radius 3 is 2.62 bits per heavy atom. The smallest absolute Gasteiger partial charge is 0.329 e. The molecule has 162 valence electrons. The molecule has 2 amide bonds. The van der Waals surface area contributed by atoms with Crippen molar-refractivity contribution in [1.29, 1.82) is 0 Å². The zero-order chi connectivity index (χ0) is 21.2. The predicted octanol–water partition coefficient (Wildman–Crippen LogP) is 5.23. The quantitative estimate of drug-likeness (QED) is 0.329. The number of aromatic nitrogens is 2. The van der Waals surface area contributed by atoms with Crippen molar-refractivity contribution >= 4 is 79.2 Å². The molecular weight excluding hydrogens is 527 g/mol. The number of urea groups is 1. The van der Waals surface area contributed by atoms with Gasteiger partial charge in [0.05, 0.1) is 12.5 Å². The van der Waals surface area contributed by atoms with E-state index in [2.05, 4.69) is 33.1 Å². The van der Waals surface area contributed by atoms with Crippen LogP contribution in [-0.4, -0.2) is 51.2 Å². The summed E-state index contributed by atoms with van der Waals surface area (Å²) in [5, 5.41) is 8.28. The van der Waals surface area contributed by atoms with E-state index in [9.17, 15) is 9.59 Å². The average Bonchev–Trinajstić information content (AvgIpc) is 3.16. The van der Waals surface area contributed by atoms with E-state index >= 15 is 0 Å². The van der Waals surface area contributed by atoms with Crippen LogP contribution in [0.25, 0.3) is 0 Å². The SMILES string of the molecule is CCCC(Br)CCN1CC(OC(=O)C2CCC2)N(c2nnc(C(Cl)(Cl)Cl)s2)C1=O. The minimum Gasteiger partial charge on any atom is -0.439 e. The van der Waals surface area contributed by atoms with Gasteiger partial charge in [0.25, 0.3) is 0 Å². The molecule has 12 heteroatoms. The monoisotopic (exact) mass is 546 g/mol. The van der Waals surface area contributed by atoms with Crippen molar-refractivity contribution < 1.29 is 14.3 Å². The van der Waals surface area contributed by atoms with E-state index in [0.717, 1.165) is 49.9 Å². The van der Waals surface area contributed by atoms with Crippen LogP contribution >= 0.6 is 62.1 Å². The normalized spacial score (nSPS) is 21.4. The first kappa shape index (κ1) is 23.3. The van der Waals surface area contributed by atoms with Gasteiger partial charge in [0.2, 0.25) is 15.2 Å². The second-order valence-corrected chi connectivity index (χ2v) is 11.7. The van der Waals surface area contributed by atoms with Crippen molar-refractivity contribution in [3.05, 3.63) is 5.01 Å². The van der Waals surface area contributed by atoms with Crippen molar-refractivity contribution in [2.24, 2.45) is 5.92 Å². The molecule has 7 nitrogen and oxygen atoms in total. The molecule has 1 saturated heterocycles. The summed E-state index contributed by atoms with van der Waals surface area (Å²) < 4.78 is 3.95. The topological polar surface area (TPSA) is 75.6 Å².